The molecule has 1 heterocycles. The summed E-state index contributed by atoms with van der Waals surface area (Å²) >= 11 is 12.2. The standard InChI is InChI=1S/C12H12Cl2N2O/c1-7-8(12(17)16(2)15-7)6-9-10(13)4-3-5-11(9)14/h3-5,8H,6H2,1-2H3/t8-/m1/s1. The summed E-state index contributed by atoms with van der Waals surface area (Å²) in [4.78, 5) is 11.9. The lowest BCUT2D eigenvalue weighted by Gasteiger charge is -2.12. The van der Waals surface area contributed by atoms with E-state index in [4.69, 9.17) is 23.2 Å². The number of rotatable bonds is 2. The fraction of sp³-hybridized carbons (Fsp3) is 0.333. The van der Waals surface area contributed by atoms with E-state index in [1.807, 2.05) is 6.92 Å². The zero-order valence-corrected chi connectivity index (χ0v) is 11.1. The molecule has 0 N–H and O–H groups in total. The maximum Gasteiger partial charge on any atom is 0.251 e. The van der Waals surface area contributed by atoms with Crippen molar-refractivity contribution in [2.45, 2.75) is 13.3 Å². The second-order valence-electron chi connectivity index (χ2n) is 4.06. The van der Waals surface area contributed by atoms with Crippen LogP contribution in [0.4, 0.5) is 0 Å². The van der Waals surface area contributed by atoms with Crippen molar-refractivity contribution in [3.05, 3.63) is 33.8 Å². The molecule has 0 aliphatic carbocycles. The van der Waals surface area contributed by atoms with Gasteiger partial charge in [0.2, 0.25) is 0 Å². The highest BCUT2D eigenvalue weighted by Gasteiger charge is 2.32. The van der Waals surface area contributed by atoms with E-state index in [2.05, 4.69) is 5.10 Å². The Labute approximate surface area is 110 Å². The van der Waals surface area contributed by atoms with Gasteiger partial charge in [0.25, 0.3) is 5.91 Å². The van der Waals surface area contributed by atoms with Crippen LogP contribution in [0.3, 0.4) is 0 Å². The summed E-state index contributed by atoms with van der Waals surface area (Å²) in [5, 5.41) is 6.67. The van der Waals surface area contributed by atoms with Gasteiger partial charge in [-0.15, -0.1) is 0 Å². The molecule has 1 aliphatic rings. The maximum absolute atomic E-state index is 11.9. The summed E-state index contributed by atoms with van der Waals surface area (Å²) in [7, 11) is 1.65. The van der Waals surface area contributed by atoms with Crippen LogP contribution in [-0.4, -0.2) is 23.7 Å². The average Bonchev–Trinajstić information content (AvgIpc) is 2.49. The van der Waals surface area contributed by atoms with Gasteiger partial charge in [-0.25, -0.2) is 5.01 Å². The third kappa shape index (κ3) is 2.31. The quantitative estimate of drug-likeness (QED) is 0.813. The summed E-state index contributed by atoms with van der Waals surface area (Å²) < 4.78 is 0. The molecule has 1 aromatic rings. The van der Waals surface area contributed by atoms with E-state index in [1.165, 1.54) is 5.01 Å². The number of halogens is 2. The Kier molecular flexibility index (Phi) is 3.40. The molecular weight excluding hydrogens is 259 g/mol. The molecule has 1 aliphatic heterocycles. The summed E-state index contributed by atoms with van der Waals surface area (Å²) in [6.45, 7) is 1.84. The van der Waals surface area contributed by atoms with Gasteiger partial charge in [-0.1, -0.05) is 29.3 Å². The first-order valence-corrected chi connectivity index (χ1v) is 6.02. The smallest absolute Gasteiger partial charge is 0.251 e. The zero-order valence-electron chi connectivity index (χ0n) is 9.58. The number of hydrogen-bond donors (Lipinski definition) is 0. The van der Waals surface area contributed by atoms with Gasteiger partial charge in [-0.05, 0) is 31.0 Å². The largest absolute Gasteiger partial charge is 0.272 e. The van der Waals surface area contributed by atoms with Crippen molar-refractivity contribution in [2.24, 2.45) is 11.0 Å². The fourth-order valence-electron chi connectivity index (χ4n) is 1.93. The molecular formula is C12H12Cl2N2O. The van der Waals surface area contributed by atoms with Crippen LogP contribution >= 0.6 is 23.2 Å². The predicted molar refractivity (Wildman–Crippen MR) is 69.5 cm³/mol. The first-order valence-electron chi connectivity index (χ1n) is 5.26. The second kappa shape index (κ2) is 4.67. The van der Waals surface area contributed by atoms with Crippen molar-refractivity contribution in [1.29, 1.82) is 0 Å². The van der Waals surface area contributed by atoms with Gasteiger partial charge in [-0.3, -0.25) is 4.79 Å². The molecule has 1 amide bonds. The fourth-order valence-corrected chi connectivity index (χ4v) is 2.48. The second-order valence-corrected chi connectivity index (χ2v) is 4.87. The normalized spacial score (nSPS) is 19.8. The van der Waals surface area contributed by atoms with E-state index < -0.39 is 0 Å². The Morgan fingerprint density at radius 2 is 1.94 bits per heavy atom. The molecule has 3 nitrogen and oxygen atoms in total. The lowest BCUT2D eigenvalue weighted by Crippen LogP contribution is -2.26. The summed E-state index contributed by atoms with van der Waals surface area (Å²) in [6.07, 6.45) is 0.497. The third-order valence-electron chi connectivity index (χ3n) is 2.90. The van der Waals surface area contributed by atoms with E-state index in [1.54, 1.807) is 25.2 Å². The van der Waals surface area contributed by atoms with Crippen molar-refractivity contribution in [2.75, 3.05) is 7.05 Å². The highest BCUT2D eigenvalue weighted by molar-refractivity contribution is 6.36. The van der Waals surface area contributed by atoms with Gasteiger partial charge in [-0.2, -0.15) is 5.10 Å². The van der Waals surface area contributed by atoms with Crippen molar-refractivity contribution in [3.63, 3.8) is 0 Å². The van der Waals surface area contributed by atoms with Gasteiger partial charge in [0, 0.05) is 22.8 Å². The average molecular weight is 271 g/mol. The van der Waals surface area contributed by atoms with Gasteiger partial charge >= 0.3 is 0 Å². The highest BCUT2D eigenvalue weighted by atomic mass is 35.5. The van der Waals surface area contributed by atoms with Gasteiger partial charge in [0.05, 0.1) is 5.92 Å². The lowest BCUT2D eigenvalue weighted by atomic mass is 9.95. The van der Waals surface area contributed by atoms with E-state index in [0.29, 0.717) is 16.5 Å². The molecule has 0 bridgehead atoms. The lowest BCUT2D eigenvalue weighted by molar-refractivity contribution is -0.130. The number of nitrogens with zero attached hydrogens (tertiary/aromatic N) is 2. The van der Waals surface area contributed by atoms with Crippen LogP contribution in [0.2, 0.25) is 10.0 Å². The number of amides is 1. The van der Waals surface area contributed by atoms with Crippen molar-refractivity contribution >= 4 is 34.8 Å². The molecule has 90 valence electrons. The maximum atomic E-state index is 11.9. The van der Waals surface area contributed by atoms with Gasteiger partial charge in [0.15, 0.2) is 0 Å². The molecule has 17 heavy (non-hydrogen) atoms. The number of carbonyl (C=O) groups is 1. The number of carbonyl (C=O) groups excluding carboxylic acids is 1. The molecule has 0 saturated heterocycles. The summed E-state index contributed by atoms with van der Waals surface area (Å²) in [5.74, 6) is -0.268. The van der Waals surface area contributed by atoms with Crippen LogP contribution in [0.5, 0.6) is 0 Å². The molecule has 1 aromatic carbocycles. The van der Waals surface area contributed by atoms with Crippen molar-refractivity contribution in [1.82, 2.24) is 5.01 Å². The van der Waals surface area contributed by atoms with E-state index in [9.17, 15) is 4.79 Å². The monoisotopic (exact) mass is 270 g/mol. The van der Waals surface area contributed by atoms with Crippen LogP contribution in [0, 0.1) is 5.92 Å². The zero-order chi connectivity index (χ0) is 12.6. The highest BCUT2D eigenvalue weighted by Crippen LogP contribution is 2.29. The van der Waals surface area contributed by atoms with Gasteiger partial charge in [0.1, 0.15) is 0 Å². The predicted octanol–water partition coefficient (Wildman–Crippen LogP) is 3.00. The molecule has 5 heteroatoms. The van der Waals surface area contributed by atoms with Crippen LogP contribution < -0.4 is 0 Å². The van der Waals surface area contributed by atoms with Crippen molar-refractivity contribution < 1.29 is 4.79 Å². The molecule has 0 fully saturated rings. The minimum atomic E-state index is -0.252. The topological polar surface area (TPSA) is 32.7 Å². The minimum absolute atomic E-state index is 0.0153. The Morgan fingerprint density at radius 1 is 1.35 bits per heavy atom. The Hall–Kier alpha value is -1.06. The first kappa shape index (κ1) is 12.4. The molecule has 0 aromatic heterocycles. The van der Waals surface area contributed by atoms with Crippen LogP contribution in [-0.2, 0) is 11.2 Å². The number of hydrazone groups is 1. The Bertz CT molecular complexity index is 479. The van der Waals surface area contributed by atoms with E-state index >= 15 is 0 Å². The Morgan fingerprint density at radius 3 is 2.41 bits per heavy atom. The number of benzene rings is 1. The molecule has 0 saturated carbocycles. The summed E-state index contributed by atoms with van der Waals surface area (Å²) in [5.41, 5.74) is 1.60. The summed E-state index contributed by atoms with van der Waals surface area (Å²) in [6, 6.07) is 5.34. The van der Waals surface area contributed by atoms with Crippen molar-refractivity contribution in [3.8, 4) is 0 Å². The molecule has 1 atom stereocenters. The molecule has 2 rings (SSSR count). The third-order valence-corrected chi connectivity index (χ3v) is 3.61. The minimum Gasteiger partial charge on any atom is -0.272 e. The van der Waals surface area contributed by atoms with Crippen LogP contribution in [0.15, 0.2) is 23.3 Å². The number of hydrogen-bond acceptors (Lipinski definition) is 2. The van der Waals surface area contributed by atoms with Crippen LogP contribution in [0.25, 0.3) is 0 Å². The first-order chi connectivity index (χ1) is 8.00. The SMILES string of the molecule is CC1=NN(C)C(=O)[C@@H]1Cc1c(Cl)cccc1Cl. The molecule has 0 spiro atoms. The molecule has 0 unspecified atom stereocenters. The van der Waals surface area contributed by atoms with Crippen LogP contribution in [0.1, 0.15) is 12.5 Å². The molecule has 0 radical (unpaired) electrons. The van der Waals surface area contributed by atoms with E-state index in [-0.39, 0.29) is 11.8 Å². The van der Waals surface area contributed by atoms with E-state index in [0.717, 1.165) is 11.3 Å². The van der Waals surface area contributed by atoms with Gasteiger partial charge < -0.3 is 0 Å². The Balaban J connectivity index is 2.28.